The van der Waals surface area contributed by atoms with Gasteiger partial charge in [0, 0.05) is 4.90 Å². The molecule has 0 unspecified atom stereocenters. The molecule has 0 saturated carbocycles. The van der Waals surface area contributed by atoms with Crippen LogP contribution in [-0.4, -0.2) is 5.76 Å². The number of hydrogen-bond donors (Lipinski definition) is 2. The van der Waals surface area contributed by atoms with Crippen LogP contribution < -0.4 is 11.1 Å². The number of thioether (sulfide) groups is 1. The van der Waals surface area contributed by atoms with Crippen LogP contribution in [0.2, 0.25) is 0 Å². The highest BCUT2D eigenvalue weighted by Crippen LogP contribution is 2.35. The fraction of sp³-hybridized carbons (Fsp3) is 0.0714. The Morgan fingerprint density at radius 3 is 2.50 bits per heavy atom. The van der Waals surface area contributed by atoms with Crippen LogP contribution in [0.25, 0.3) is 0 Å². The highest BCUT2D eigenvalue weighted by molar-refractivity contribution is 7.99. The Morgan fingerprint density at radius 1 is 1.10 bits per heavy atom. The molecule has 3 nitrogen and oxygen atoms in total. The molecule has 0 atom stereocenters. The first-order chi connectivity index (χ1) is 9.61. The summed E-state index contributed by atoms with van der Waals surface area (Å²) in [4.78, 5) is 0.421. The maximum Gasteiger partial charge on any atom is 0.288 e. The highest BCUT2D eigenvalue weighted by Gasteiger charge is 2.11. The summed E-state index contributed by atoms with van der Waals surface area (Å²) in [6, 6.07) is 13.7. The molecule has 0 saturated heterocycles. The van der Waals surface area contributed by atoms with Crippen molar-refractivity contribution in [2.75, 3.05) is 11.1 Å². The van der Waals surface area contributed by atoms with Gasteiger partial charge in [0.25, 0.3) is 5.76 Å². The van der Waals surface area contributed by atoms with Crippen LogP contribution in [-0.2, 0) is 0 Å². The molecule has 102 valence electrons. The van der Waals surface area contributed by atoms with Gasteiger partial charge in [0.05, 0.1) is 22.6 Å². The normalized spacial score (nSPS) is 10.3. The zero-order chi connectivity index (χ0) is 14.5. The van der Waals surface area contributed by atoms with Gasteiger partial charge in [0.2, 0.25) is 0 Å². The van der Waals surface area contributed by atoms with Crippen molar-refractivity contribution in [3.8, 4) is 6.07 Å². The van der Waals surface area contributed by atoms with E-state index in [1.165, 1.54) is 0 Å². The average Bonchev–Trinajstić information content (AvgIpc) is 2.42. The quantitative estimate of drug-likeness (QED) is 0.654. The number of nitrogens with one attached hydrogen (secondary N) is 1. The van der Waals surface area contributed by atoms with Gasteiger partial charge in [-0.3, -0.25) is 0 Å². The Labute approximate surface area is 119 Å². The lowest BCUT2D eigenvalue weighted by Gasteiger charge is -2.13. The van der Waals surface area contributed by atoms with E-state index in [0.29, 0.717) is 39.3 Å². The summed E-state index contributed by atoms with van der Waals surface area (Å²) >= 11 is 0.458. The number of benzene rings is 2. The molecule has 2 aromatic rings. The van der Waals surface area contributed by atoms with E-state index in [2.05, 4.69) is 5.32 Å². The number of nitrogen functional groups attached to an aromatic ring is 1. The van der Waals surface area contributed by atoms with Gasteiger partial charge in [-0.2, -0.15) is 14.0 Å². The zero-order valence-electron chi connectivity index (χ0n) is 10.3. The Kier molecular flexibility index (Phi) is 4.43. The number of nitrogens with zero attached hydrogens (tertiary/aromatic N) is 1. The average molecular weight is 291 g/mol. The fourth-order valence-electron chi connectivity index (χ4n) is 1.69. The Bertz CT molecular complexity index is 653. The van der Waals surface area contributed by atoms with Crippen molar-refractivity contribution in [2.24, 2.45) is 0 Å². The zero-order valence-corrected chi connectivity index (χ0v) is 11.1. The van der Waals surface area contributed by atoms with Gasteiger partial charge in [-0.25, -0.2) is 0 Å². The van der Waals surface area contributed by atoms with E-state index >= 15 is 0 Å². The van der Waals surface area contributed by atoms with Crippen LogP contribution in [0.3, 0.4) is 0 Å². The second-order valence-electron chi connectivity index (χ2n) is 3.88. The lowest BCUT2D eigenvalue weighted by molar-refractivity contribution is 0.252. The van der Waals surface area contributed by atoms with Gasteiger partial charge in [-0.1, -0.05) is 30.0 Å². The van der Waals surface area contributed by atoms with Crippen LogP contribution in [0.15, 0.2) is 47.4 Å². The van der Waals surface area contributed by atoms with Crippen molar-refractivity contribution < 1.29 is 8.78 Å². The molecule has 0 heterocycles. The number of rotatable bonds is 4. The number of anilines is 3. The summed E-state index contributed by atoms with van der Waals surface area (Å²) in [5.41, 5.74) is 7.54. The lowest BCUT2D eigenvalue weighted by Crippen LogP contribution is -2.00. The number of nitriles is 1. The molecule has 3 N–H and O–H groups in total. The third kappa shape index (κ3) is 3.19. The molecule has 0 aromatic heterocycles. The number of hydrogen-bond acceptors (Lipinski definition) is 4. The predicted octanol–water partition coefficient (Wildman–Crippen LogP) is 4.20. The van der Waals surface area contributed by atoms with Crippen LogP contribution in [0.5, 0.6) is 0 Å². The molecule has 0 amide bonds. The first-order valence-corrected chi connectivity index (χ1v) is 6.59. The molecule has 20 heavy (non-hydrogen) atoms. The third-order valence-corrected chi connectivity index (χ3v) is 3.39. The molecule has 2 rings (SSSR count). The molecule has 0 fully saturated rings. The second-order valence-corrected chi connectivity index (χ2v) is 4.91. The first-order valence-electron chi connectivity index (χ1n) is 5.71. The van der Waals surface area contributed by atoms with Crippen LogP contribution in [0.4, 0.5) is 25.8 Å². The van der Waals surface area contributed by atoms with E-state index in [9.17, 15) is 8.78 Å². The molecule has 0 aliphatic heterocycles. The van der Waals surface area contributed by atoms with Crippen molar-refractivity contribution in [2.45, 2.75) is 10.7 Å². The maximum atomic E-state index is 12.5. The van der Waals surface area contributed by atoms with Crippen molar-refractivity contribution in [1.29, 1.82) is 5.26 Å². The number of nitrogens with two attached hydrogens (primary N) is 1. The smallest absolute Gasteiger partial charge is 0.288 e. The monoisotopic (exact) mass is 291 g/mol. The molecule has 0 aliphatic rings. The Morgan fingerprint density at radius 2 is 1.80 bits per heavy atom. The van der Waals surface area contributed by atoms with Crippen LogP contribution >= 0.6 is 11.8 Å². The predicted molar refractivity (Wildman–Crippen MR) is 77.2 cm³/mol. The summed E-state index contributed by atoms with van der Waals surface area (Å²) in [6.45, 7) is 0. The van der Waals surface area contributed by atoms with Crippen molar-refractivity contribution in [3.63, 3.8) is 0 Å². The summed E-state index contributed by atoms with van der Waals surface area (Å²) < 4.78 is 25.0. The summed E-state index contributed by atoms with van der Waals surface area (Å²) in [7, 11) is 0. The first kappa shape index (κ1) is 14.2. The minimum atomic E-state index is -2.50. The van der Waals surface area contributed by atoms with Crippen molar-refractivity contribution >= 4 is 28.8 Å². The minimum Gasteiger partial charge on any atom is -0.396 e. The van der Waals surface area contributed by atoms with E-state index in [1.807, 2.05) is 6.07 Å². The highest BCUT2D eigenvalue weighted by atomic mass is 32.2. The summed E-state index contributed by atoms with van der Waals surface area (Å²) in [6.07, 6.45) is 0. The van der Waals surface area contributed by atoms with E-state index in [4.69, 9.17) is 11.0 Å². The van der Waals surface area contributed by atoms with Gasteiger partial charge in [0.15, 0.2) is 0 Å². The molecule has 0 radical (unpaired) electrons. The van der Waals surface area contributed by atoms with E-state index in [1.54, 1.807) is 42.5 Å². The molecule has 2 aromatic carbocycles. The summed E-state index contributed by atoms with van der Waals surface area (Å²) in [5, 5.41) is 11.9. The van der Waals surface area contributed by atoms with E-state index < -0.39 is 5.76 Å². The third-order valence-electron chi connectivity index (χ3n) is 2.60. The van der Waals surface area contributed by atoms with Crippen molar-refractivity contribution in [3.05, 3.63) is 48.0 Å². The maximum absolute atomic E-state index is 12.5. The van der Waals surface area contributed by atoms with Crippen LogP contribution in [0.1, 0.15) is 5.56 Å². The molecular formula is C14H11F2N3S. The van der Waals surface area contributed by atoms with Gasteiger partial charge in [0.1, 0.15) is 6.07 Å². The fourth-order valence-corrected chi connectivity index (χ4v) is 2.28. The molecular weight excluding hydrogens is 280 g/mol. The second kappa shape index (κ2) is 6.26. The molecule has 0 spiro atoms. The number of alkyl halides is 2. The van der Waals surface area contributed by atoms with Gasteiger partial charge >= 0.3 is 0 Å². The Hall–Kier alpha value is -2.26. The lowest BCUT2D eigenvalue weighted by atomic mass is 10.1. The number of halogens is 2. The topological polar surface area (TPSA) is 61.8 Å². The largest absolute Gasteiger partial charge is 0.396 e. The van der Waals surface area contributed by atoms with Gasteiger partial charge < -0.3 is 11.1 Å². The van der Waals surface area contributed by atoms with E-state index in [0.717, 1.165) is 0 Å². The minimum absolute atomic E-state index is 0.298. The number of para-hydroxylation sites is 2. The molecule has 6 heteroatoms. The SMILES string of the molecule is N#Cc1cccc(Nc2ccccc2SC(F)F)c1N. The molecule has 0 aliphatic carbocycles. The summed E-state index contributed by atoms with van der Waals surface area (Å²) in [5.74, 6) is -2.50. The van der Waals surface area contributed by atoms with E-state index in [-0.39, 0.29) is 0 Å². The van der Waals surface area contributed by atoms with Crippen LogP contribution in [0, 0.1) is 11.3 Å². The molecule has 0 bridgehead atoms. The van der Waals surface area contributed by atoms with Gasteiger partial charge in [-0.15, -0.1) is 0 Å². The Balaban J connectivity index is 2.34. The van der Waals surface area contributed by atoms with Gasteiger partial charge in [-0.05, 0) is 24.3 Å². The standard InChI is InChI=1S/C14H11F2N3S/c15-14(16)20-12-7-2-1-5-10(12)19-11-6-3-4-9(8-17)13(11)18/h1-7,14,19H,18H2. The van der Waals surface area contributed by atoms with Crippen molar-refractivity contribution in [1.82, 2.24) is 0 Å².